The molecular formula is C22H14N6O3. The molecule has 0 atom stereocenters. The number of nitrogens with zero attached hydrogens (tertiary/aromatic N) is 6. The van der Waals surface area contributed by atoms with Crippen LogP contribution in [0.4, 0.5) is 5.69 Å². The molecule has 0 fully saturated rings. The number of aromatic nitrogens is 5. The van der Waals surface area contributed by atoms with Gasteiger partial charge < -0.3 is 4.52 Å². The molecule has 0 spiro atoms. The van der Waals surface area contributed by atoms with E-state index in [1.807, 2.05) is 60.7 Å². The highest BCUT2D eigenvalue weighted by molar-refractivity contribution is 5.83. The second-order valence-electron chi connectivity index (χ2n) is 6.66. The second-order valence-corrected chi connectivity index (χ2v) is 6.66. The summed E-state index contributed by atoms with van der Waals surface area (Å²) in [7, 11) is 0. The summed E-state index contributed by atoms with van der Waals surface area (Å²) in [5.41, 5.74) is 3.66. The van der Waals surface area contributed by atoms with Gasteiger partial charge in [-0.3, -0.25) is 10.1 Å². The summed E-state index contributed by atoms with van der Waals surface area (Å²) in [6.07, 6.45) is 0. The molecule has 5 rings (SSSR count). The zero-order chi connectivity index (χ0) is 21.2. The molecule has 9 heteroatoms. The van der Waals surface area contributed by atoms with Gasteiger partial charge in [-0.15, -0.1) is 10.2 Å². The molecular weight excluding hydrogens is 396 g/mol. The van der Waals surface area contributed by atoms with Crippen molar-refractivity contribution in [1.82, 2.24) is 25.4 Å². The molecule has 150 valence electrons. The Morgan fingerprint density at radius 2 is 1.52 bits per heavy atom. The van der Waals surface area contributed by atoms with Crippen molar-refractivity contribution in [2.24, 2.45) is 0 Å². The number of non-ortho nitro benzene ring substituents is 1. The lowest BCUT2D eigenvalue weighted by molar-refractivity contribution is -0.384. The summed E-state index contributed by atoms with van der Waals surface area (Å²) >= 11 is 0. The molecule has 2 aromatic heterocycles. The fraction of sp³-hybridized carbons (Fsp3) is 0. The van der Waals surface area contributed by atoms with E-state index in [1.165, 1.54) is 12.1 Å². The van der Waals surface area contributed by atoms with Crippen LogP contribution in [0.25, 0.3) is 39.7 Å². The van der Waals surface area contributed by atoms with Crippen molar-refractivity contribution in [2.75, 3.05) is 0 Å². The minimum absolute atomic E-state index is 0.0418. The predicted molar refractivity (Wildman–Crippen MR) is 112 cm³/mol. The molecule has 0 unspecified atom stereocenters. The molecule has 0 saturated carbocycles. The van der Waals surface area contributed by atoms with Crippen LogP contribution in [0.15, 0.2) is 89.5 Å². The Morgan fingerprint density at radius 3 is 2.23 bits per heavy atom. The molecule has 0 saturated heterocycles. The van der Waals surface area contributed by atoms with Gasteiger partial charge in [-0.05, 0) is 6.07 Å². The summed E-state index contributed by atoms with van der Waals surface area (Å²) in [5.74, 6) is 0.363. The monoisotopic (exact) mass is 410 g/mol. The number of benzene rings is 3. The zero-order valence-electron chi connectivity index (χ0n) is 16.0. The molecule has 0 amide bonds. The molecule has 0 radical (unpaired) electrons. The number of rotatable bonds is 5. The van der Waals surface area contributed by atoms with E-state index in [4.69, 9.17) is 4.52 Å². The molecule has 0 aliphatic carbocycles. The van der Waals surface area contributed by atoms with Crippen LogP contribution in [0.1, 0.15) is 0 Å². The summed E-state index contributed by atoms with van der Waals surface area (Å²) in [6, 6.07) is 25.2. The SMILES string of the molecule is O=[N+]([O-])c1cccc(-n2nnc(-c3onnc3-c3ccccc3)c2-c2ccccc2)c1. The molecule has 0 aliphatic rings. The van der Waals surface area contributed by atoms with E-state index in [-0.39, 0.29) is 5.69 Å². The van der Waals surface area contributed by atoms with E-state index in [0.717, 1.165) is 11.1 Å². The first-order valence-corrected chi connectivity index (χ1v) is 9.36. The smallest absolute Gasteiger partial charge is 0.271 e. The third kappa shape index (κ3) is 3.33. The van der Waals surface area contributed by atoms with Crippen molar-refractivity contribution in [1.29, 1.82) is 0 Å². The second kappa shape index (κ2) is 7.64. The van der Waals surface area contributed by atoms with Crippen LogP contribution >= 0.6 is 0 Å². The summed E-state index contributed by atoms with van der Waals surface area (Å²) < 4.78 is 7.04. The molecule has 0 N–H and O–H groups in total. The van der Waals surface area contributed by atoms with Crippen LogP contribution in [0.3, 0.4) is 0 Å². The Kier molecular flexibility index (Phi) is 4.53. The molecule has 0 bridgehead atoms. The first-order chi connectivity index (χ1) is 15.2. The normalized spacial score (nSPS) is 10.8. The van der Waals surface area contributed by atoms with Crippen molar-refractivity contribution in [2.45, 2.75) is 0 Å². The Labute approximate surface area is 175 Å². The van der Waals surface area contributed by atoms with E-state index in [9.17, 15) is 10.1 Å². The average molecular weight is 410 g/mol. The Balaban J connectivity index is 1.74. The third-order valence-electron chi connectivity index (χ3n) is 4.75. The number of nitro benzene ring substituents is 1. The Morgan fingerprint density at radius 1 is 0.806 bits per heavy atom. The number of nitro groups is 1. The predicted octanol–water partition coefficient (Wildman–Crippen LogP) is 4.56. The van der Waals surface area contributed by atoms with Crippen molar-refractivity contribution in [3.63, 3.8) is 0 Å². The minimum atomic E-state index is -0.447. The zero-order valence-corrected chi connectivity index (χ0v) is 16.0. The van der Waals surface area contributed by atoms with Crippen LogP contribution in [-0.4, -0.2) is 30.3 Å². The fourth-order valence-electron chi connectivity index (χ4n) is 3.34. The number of hydrogen-bond acceptors (Lipinski definition) is 7. The van der Waals surface area contributed by atoms with E-state index in [0.29, 0.717) is 28.5 Å². The van der Waals surface area contributed by atoms with Crippen molar-refractivity contribution < 1.29 is 9.45 Å². The maximum atomic E-state index is 11.3. The quantitative estimate of drug-likeness (QED) is 0.308. The van der Waals surface area contributed by atoms with Crippen LogP contribution in [0, 0.1) is 10.1 Å². The van der Waals surface area contributed by atoms with Gasteiger partial charge in [-0.25, -0.2) is 4.68 Å². The van der Waals surface area contributed by atoms with E-state index >= 15 is 0 Å². The highest BCUT2D eigenvalue weighted by Gasteiger charge is 2.25. The lowest BCUT2D eigenvalue weighted by Gasteiger charge is -2.08. The summed E-state index contributed by atoms with van der Waals surface area (Å²) in [4.78, 5) is 10.8. The fourth-order valence-corrected chi connectivity index (χ4v) is 3.34. The summed E-state index contributed by atoms with van der Waals surface area (Å²) in [6.45, 7) is 0. The van der Waals surface area contributed by atoms with Gasteiger partial charge in [-0.2, -0.15) is 0 Å². The molecule has 5 aromatic rings. The first kappa shape index (κ1) is 18.4. The highest BCUT2D eigenvalue weighted by atomic mass is 16.6. The van der Waals surface area contributed by atoms with E-state index < -0.39 is 4.92 Å². The topological polar surface area (TPSA) is 113 Å². The highest BCUT2D eigenvalue weighted by Crippen LogP contribution is 2.36. The van der Waals surface area contributed by atoms with Crippen molar-refractivity contribution in [3.05, 3.63) is 95.0 Å². The van der Waals surface area contributed by atoms with Gasteiger partial charge in [0.25, 0.3) is 5.69 Å². The van der Waals surface area contributed by atoms with Gasteiger partial charge in [0.15, 0.2) is 5.69 Å². The van der Waals surface area contributed by atoms with Gasteiger partial charge in [0.1, 0.15) is 11.4 Å². The molecule has 0 aliphatic heterocycles. The van der Waals surface area contributed by atoms with Crippen LogP contribution in [0.5, 0.6) is 0 Å². The van der Waals surface area contributed by atoms with Crippen molar-refractivity contribution >= 4 is 5.69 Å². The maximum absolute atomic E-state index is 11.3. The molecule has 3 aromatic carbocycles. The third-order valence-corrected chi connectivity index (χ3v) is 4.75. The van der Waals surface area contributed by atoms with E-state index in [1.54, 1.807) is 16.8 Å². The van der Waals surface area contributed by atoms with Gasteiger partial charge >= 0.3 is 0 Å². The van der Waals surface area contributed by atoms with Crippen molar-refractivity contribution in [3.8, 4) is 39.7 Å². The van der Waals surface area contributed by atoms with Gasteiger partial charge in [0, 0.05) is 28.5 Å². The maximum Gasteiger partial charge on any atom is 0.271 e. The largest absolute Gasteiger partial charge is 0.334 e. The van der Waals surface area contributed by atoms with Gasteiger partial charge in [0.2, 0.25) is 5.76 Å². The molecule has 31 heavy (non-hydrogen) atoms. The van der Waals surface area contributed by atoms with Crippen LogP contribution in [0.2, 0.25) is 0 Å². The van der Waals surface area contributed by atoms with Crippen LogP contribution in [-0.2, 0) is 0 Å². The average Bonchev–Trinajstić information content (AvgIpc) is 3.47. The van der Waals surface area contributed by atoms with E-state index in [2.05, 4.69) is 20.7 Å². The lowest BCUT2D eigenvalue weighted by atomic mass is 10.0. The van der Waals surface area contributed by atoms with Gasteiger partial charge in [0.05, 0.1) is 10.6 Å². The Bertz CT molecular complexity index is 1360. The van der Waals surface area contributed by atoms with Crippen LogP contribution < -0.4 is 0 Å². The minimum Gasteiger partial charge on any atom is -0.334 e. The lowest BCUT2D eigenvalue weighted by Crippen LogP contribution is -2.00. The summed E-state index contributed by atoms with van der Waals surface area (Å²) in [5, 5.41) is 27.8. The molecule has 2 heterocycles. The Hall–Kier alpha value is -4.66. The number of hydrogen-bond donors (Lipinski definition) is 0. The van der Waals surface area contributed by atoms with Gasteiger partial charge in [-0.1, -0.05) is 71.9 Å². The first-order valence-electron chi connectivity index (χ1n) is 9.36. The standard InChI is InChI=1S/C22H14N6O3/c29-28(30)18-13-7-12-17(14-18)27-21(16-10-5-2-6-11-16)20(23-25-27)22-19(24-26-31-22)15-8-3-1-4-9-15/h1-14H. The molecule has 9 nitrogen and oxygen atoms in total.